The van der Waals surface area contributed by atoms with Gasteiger partial charge in [-0.2, -0.15) is 11.8 Å². The number of anilines is 1. The van der Waals surface area contributed by atoms with Crippen LogP contribution in [0.1, 0.15) is 12.5 Å². The number of rotatable bonds is 12. The summed E-state index contributed by atoms with van der Waals surface area (Å²) in [6.07, 6.45) is 9.05. The quantitative estimate of drug-likeness (QED) is 0.468. The molecule has 0 radical (unpaired) electrons. The Morgan fingerprint density at radius 2 is 1.85 bits per heavy atom. The van der Waals surface area contributed by atoms with E-state index < -0.39 is 0 Å². The van der Waals surface area contributed by atoms with Gasteiger partial charge >= 0.3 is 0 Å². The molecule has 33 heavy (non-hydrogen) atoms. The van der Waals surface area contributed by atoms with Crippen LogP contribution in [0.15, 0.2) is 53.9 Å². The van der Waals surface area contributed by atoms with Crippen molar-refractivity contribution in [3.05, 3.63) is 54.5 Å². The lowest BCUT2D eigenvalue weighted by molar-refractivity contribution is -0.0149. The van der Waals surface area contributed by atoms with Gasteiger partial charge in [0.25, 0.3) is 0 Å². The highest BCUT2D eigenvalue weighted by Crippen LogP contribution is 2.19. The molecule has 1 aliphatic heterocycles. The SMILES string of the molecule is CCN(Cc1ccc(OC)cc1)N1C=CC(OC)=NC1CNc1ncc(OCCSC)cn1. The second-order valence-corrected chi connectivity index (χ2v) is 8.13. The van der Waals surface area contributed by atoms with Crippen LogP contribution in [-0.4, -0.2) is 78.0 Å². The van der Waals surface area contributed by atoms with Crippen LogP contribution in [0.5, 0.6) is 11.5 Å². The molecule has 0 bridgehead atoms. The van der Waals surface area contributed by atoms with E-state index in [2.05, 4.69) is 44.4 Å². The van der Waals surface area contributed by atoms with Gasteiger partial charge in [0.05, 0.1) is 39.8 Å². The molecular formula is C23H32N6O3S. The minimum atomic E-state index is -0.218. The number of hydrazine groups is 1. The van der Waals surface area contributed by atoms with Crippen molar-refractivity contribution in [2.24, 2.45) is 4.99 Å². The first-order valence-electron chi connectivity index (χ1n) is 10.8. The highest BCUT2D eigenvalue weighted by Gasteiger charge is 2.24. The van der Waals surface area contributed by atoms with Crippen molar-refractivity contribution in [2.75, 3.05) is 51.2 Å². The number of hydrogen-bond donors (Lipinski definition) is 1. The number of methoxy groups -OCH3 is 2. The lowest BCUT2D eigenvalue weighted by atomic mass is 10.2. The predicted molar refractivity (Wildman–Crippen MR) is 133 cm³/mol. The van der Waals surface area contributed by atoms with E-state index >= 15 is 0 Å². The molecule has 0 spiro atoms. The smallest absolute Gasteiger partial charge is 0.222 e. The summed E-state index contributed by atoms with van der Waals surface area (Å²) < 4.78 is 16.3. The minimum absolute atomic E-state index is 0.218. The van der Waals surface area contributed by atoms with Crippen molar-refractivity contribution in [2.45, 2.75) is 19.6 Å². The molecule has 178 valence electrons. The molecule has 0 amide bonds. The number of nitrogens with one attached hydrogen (secondary N) is 1. The molecule has 2 heterocycles. The fraction of sp³-hybridized carbons (Fsp3) is 0.435. The first-order chi connectivity index (χ1) is 16.2. The van der Waals surface area contributed by atoms with Crippen LogP contribution >= 0.6 is 11.8 Å². The lowest BCUT2D eigenvalue weighted by Crippen LogP contribution is -2.48. The second kappa shape index (κ2) is 12.9. The summed E-state index contributed by atoms with van der Waals surface area (Å²) >= 11 is 1.74. The number of hydrogen-bond acceptors (Lipinski definition) is 10. The summed E-state index contributed by atoms with van der Waals surface area (Å²) in [5.41, 5.74) is 1.18. The van der Waals surface area contributed by atoms with Crippen LogP contribution in [-0.2, 0) is 11.3 Å². The summed E-state index contributed by atoms with van der Waals surface area (Å²) in [4.78, 5) is 13.4. The van der Waals surface area contributed by atoms with Crippen molar-refractivity contribution in [3.8, 4) is 11.5 Å². The molecule has 1 unspecified atom stereocenters. The molecule has 0 saturated heterocycles. The number of thioether (sulfide) groups is 1. The zero-order chi connectivity index (χ0) is 23.5. The molecule has 1 aromatic heterocycles. The van der Waals surface area contributed by atoms with Crippen LogP contribution < -0.4 is 14.8 Å². The van der Waals surface area contributed by atoms with Gasteiger partial charge in [0.1, 0.15) is 5.75 Å². The van der Waals surface area contributed by atoms with Gasteiger partial charge in [0.15, 0.2) is 11.9 Å². The fourth-order valence-corrected chi connectivity index (χ4v) is 3.49. The van der Waals surface area contributed by atoms with E-state index in [1.165, 1.54) is 5.56 Å². The Hall–Kier alpha value is -2.98. The lowest BCUT2D eigenvalue weighted by Gasteiger charge is -2.39. The standard InChI is InChI=1S/C23H32N6O3S/c1-5-28(17-18-6-8-19(30-2)9-7-18)29-11-10-22(31-3)27-21(29)16-26-23-24-14-20(15-25-23)32-12-13-33-4/h6-11,14-15,21H,5,12-13,16-17H2,1-4H3,(H,24,25,26). The second-order valence-electron chi connectivity index (χ2n) is 7.14. The van der Waals surface area contributed by atoms with Gasteiger partial charge < -0.3 is 19.5 Å². The maximum atomic E-state index is 5.61. The average molecular weight is 473 g/mol. The van der Waals surface area contributed by atoms with Crippen LogP contribution in [0, 0.1) is 0 Å². The van der Waals surface area contributed by atoms with Crippen molar-refractivity contribution in [1.29, 1.82) is 0 Å². The zero-order valence-corrected chi connectivity index (χ0v) is 20.4. The molecule has 2 aromatic rings. The van der Waals surface area contributed by atoms with E-state index in [0.717, 1.165) is 24.6 Å². The van der Waals surface area contributed by atoms with Gasteiger partial charge in [-0.15, -0.1) is 0 Å². The highest BCUT2D eigenvalue weighted by molar-refractivity contribution is 7.98. The average Bonchev–Trinajstić information content (AvgIpc) is 2.87. The maximum absolute atomic E-state index is 5.61. The summed E-state index contributed by atoms with van der Waals surface area (Å²) in [5.74, 6) is 3.53. The number of aliphatic imine (C=N–C) groups is 1. The summed E-state index contributed by atoms with van der Waals surface area (Å²) in [6, 6.07) is 8.09. The molecule has 1 atom stereocenters. The van der Waals surface area contributed by atoms with Gasteiger partial charge in [-0.1, -0.05) is 19.1 Å². The first-order valence-corrected chi connectivity index (χ1v) is 12.2. The van der Waals surface area contributed by atoms with E-state index in [-0.39, 0.29) is 6.17 Å². The van der Waals surface area contributed by atoms with Crippen LogP contribution in [0.4, 0.5) is 5.95 Å². The minimum Gasteiger partial charge on any atom is -0.497 e. The first kappa shape index (κ1) is 24.7. The predicted octanol–water partition coefficient (Wildman–Crippen LogP) is 3.28. The number of benzene rings is 1. The Labute approximate surface area is 199 Å². The van der Waals surface area contributed by atoms with E-state index in [1.54, 1.807) is 38.4 Å². The Balaban J connectivity index is 1.65. The largest absolute Gasteiger partial charge is 0.497 e. The van der Waals surface area contributed by atoms with E-state index in [9.17, 15) is 0 Å². The molecule has 10 heteroatoms. The number of ether oxygens (including phenoxy) is 3. The molecule has 0 fully saturated rings. The molecule has 1 N–H and O–H groups in total. The zero-order valence-electron chi connectivity index (χ0n) is 19.6. The summed E-state index contributed by atoms with van der Waals surface area (Å²) in [6.45, 7) is 4.80. The Morgan fingerprint density at radius 1 is 1.09 bits per heavy atom. The summed E-state index contributed by atoms with van der Waals surface area (Å²) in [5, 5.41) is 7.62. The monoisotopic (exact) mass is 472 g/mol. The molecule has 9 nitrogen and oxygen atoms in total. The Kier molecular flexibility index (Phi) is 9.64. The van der Waals surface area contributed by atoms with Gasteiger partial charge in [0, 0.05) is 31.1 Å². The van der Waals surface area contributed by atoms with Crippen molar-refractivity contribution < 1.29 is 14.2 Å². The van der Waals surface area contributed by atoms with Gasteiger partial charge in [-0.05, 0) is 24.0 Å². The third-order valence-corrected chi connectivity index (χ3v) is 5.58. The number of nitrogens with zero attached hydrogens (tertiary/aromatic N) is 5. The normalized spacial score (nSPS) is 15.4. The van der Waals surface area contributed by atoms with Gasteiger partial charge in [-0.25, -0.2) is 20.0 Å². The van der Waals surface area contributed by atoms with Crippen molar-refractivity contribution in [1.82, 2.24) is 20.0 Å². The van der Waals surface area contributed by atoms with E-state index in [4.69, 9.17) is 19.2 Å². The van der Waals surface area contributed by atoms with Gasteiger partial charge in [-0.3, -0.25) is 5.01 Å². The Bertz CT molecular complexity index is 907. The molecule has 3 rings (SSSR count). The third-order valence-electron chi connectivity index (χ3n) is 5.00. The van der Waals surface area contributed by atoms with E-state index in [0.29, 0.717) is 30.7 Å². The van der Waals surface area contributed by atoms with E-state index in [1.807, 2.05) is 30.7 Å². The van der Waals surface area contributed by atoms with Crippen molar-refractivity contribution in [3.63, 3.8) is 0 Å². The molecular weight excluding hydrogens is 440 g/mol. The molecule has 0 saturated carbocycles. The van der Waals surface area contributed by atoms with Crippen LogP contribution in [0.2, 0.25) is 0 Å². The fourth-order valence-electron chi connectivity index (χ4n) is 3.24. The Morgan fingerprint density at radius 3 is 2.48 bits per heavy atom. The third kappa shape index (κ3) is 7.26. The number of aromatic nitrogens is 2. The molecule has 1 aromatic carbocycles. The molecule has 1 aliphatic rings. The highest BCUT2D eigenvalue weighted by atomic mass is 32.2. The van der Waals surface area contributed by atoms with Crippen LogP contribution in [0.3, 0.4) is 0 Å². The summed E-state index contributed by atoms with van der Waals surface area (Å²) in [7, 11) is 3.29. The van der Waals surface area contributed by atoms with Crippen LogP contribution in [0.25, 0.3) is 0 Å². The molecule has 0 aliphatic carbocycles. The van der Waals surface area contributed by atoms with Gasteiger partial charge in [0.2, 0.25) is 11.8 Å². The topological polar surface area (TPSA) is 84.3 Å². The maximum Gasteiger partial charge on any atom is 0.222 e. The van der Waals surface area contributed by atoms with Crippen molar-refractivity contribution >= 4 is 23.6 Å².